The molecule has 3 rings (SSSR count). The van der Waals surface area contributed by atoms with E-state index in [0.29, 0.717) is 11.7 Å². The van der Waals surface area contributed by atoms with E-state index in [9.17, 15) is 4.79 Å². The van der Waals surface area contributed by atoms with E-state index in [-0.39, 0.29) is 5.76 Å². The van der Waals surface area contributed by atoms with Gasteiger partial charge in [0.25, 0.3) is 0 Å². The number of hydrogen-bond acceptors (Lipinski definition) is 7. The van der Waals surface area contributed by atoms with E-state index in [0.717, 1.165) is 17.0 Å². The van der Waals surface area contributed by atoms with Crippen molar-refractivity contribution in [3.63, 3.8) is 0 Å². The van der Waals surface area contributed by atoms with Gasteiger partial charge in [-0.3, -0.25) is 0 Å². The van der Waals surface area contributed by atoms with Crippen molar-refractivity contribution in [3.05, 3.63) is 71.4 Å². The standard InChI is InChI=1S/C18H16N4O3/c1-12-10-13(2)21-18(20-12)22-19-11-14-5-7-15(8-6-14)25-17(23)16-4-3-9-24-16/h3-11H,1-2H3,(H,20,21,22). The fourth-order valence-electron chi connectivity index (χ4n) is 2.11. The monoisotopic (exact) mass is 336 g/mol. The number of anilines is 1. The first kappa shape index (κ1) is 16.4. The number of hydrogen-bond donors (Lipinski definition) is 1. The minimum Gasteiger partial charge on any atom is -0.457 e. The summed E-state index contributed by atoms with van der Waals surface area (Å²) in [6.07, 6.45) is 3.04. The molecule has 0 fully saturated rings. The van der Waals surface area contributed by atoms with Crippen molar-refractivity contribution >= 4 is 18.1 Å². The van der Waals surface area contributed by atoms with E-state index in [1.807, 2.05) is 19.9 Å². The first-order valence-corrected chi connectivity index (χ1v) is 7.57. The van der Waals surface area contributed by atoms with Crippen LogP contribution in [0.1, 0.15) is 27.5 Å². The molecule has 0 saturated carbocycles. The maximum Gasteiger partial charge on any atom is 0.379 e. The van der Waals surface area contributed by atoms with Crippen LogP contribution in [0.15, 0.2) is 58.2 Å². The predicted molar refractivity (Wildman–Crippen MR) is 92.8 cm³/mol. The van der Waals surface area contributed by atoms with Crippen molar-refractivity contribution in [1.82, 2.24) is 9.97 Å². The van der Waals surface area contributed by atoms with E-state index in [4.69, 9.17) is 9.15 Å². The van der Waals surface area contributed by atoms with E-state index >= 15 is 0 Å². The molecule has 0 radical (unpaired) electrons. The van der Waals surface area contributed by atoms with Crippen molar-refractivity contribution in [3.8, 4) is 5.75 Å². The number of rotatable bonds is 5. The molecule has 0 amide bonds. The maximum atomic E-state index is 11.8. The van der Waals surface area contributed by atoms with Gasteiger partial charge in [-0.05, 0) is 61.9 Å². The van der Waals surface area contributed by atoms with Crippen LogP contribution >= 0.6 is 0 Å². The Morgan fingerprint density at radius 2 is 1.88 bits per heavy atom. The van der Waals surface area contributed by atoms with Crippen LogP contribution in [-0.4, -0.2) is 22.2 Å². The molecule has 2 heterocycles. The number of hydrazone groups is 1. The molecule has 1 N–H and O–H groups in total. The molecule has 0 aliphatic carbocycles. The summed E-state index contributed by atoms with van der Waals surface area (Å²) in [5, 5.41) is 4.10. The largest absolute Gasteiger partial charge is 0.457 e. The van der Waals surface area contributed by atoms with Crippen molar-refractivity contribution in [1.29, 1.82) is 0 Å². The third kappa shape index (κ3) is 4.51. The predicted octanol–water partition coefficient (Wildman–Crippen LogP) is 3.35. The Hall–Kier alpha value is -3.48. The SMILES string of the molecule is Cc1cc(C)nc(NN=Cc2ccc(OC(=O)c3ccco3)cc2)n1. The number of ether oxygens (including phenoxy) is 1. The molecule has 0 unspecified atom stereocenters. The highest BCUT2D eigenvalue weighted by Crippen LogP contribution is 2.14. The molecule has 3 aromatic rings. The number of carbonyl (C=O) groups is 1. The minimum atomic E-state index is -0.542. The average Bonchev–Trinajstić information content (AvgIpc) is 3.10. The molecule has 0 aliphatic rings. The van der Waals surface area contributed by atoms with Crippen molar-refractivity contribution in [2.45, 2.75) is 13.8 Å². The third-order valence-corrected chi connectivity index (χ3v) is 3.17. The molecule has 1 aromatic carbocycles. The minimum absolute atomic E-state index is 0.156. The molecule has 25 heavy (non-hydrogen) atoms. The molecular formula is C18H16N4O3. The van der Waals surface area contributed by atoms with Gasteiger partial charge in [0.05, 0.1) is 12.5 Å². The number of carbonyl (C=O) groups excluding carboxylic acids is 1. The Bertz CT molecular complexity index is 867. The first-order chi connectivity index (χ1) is 12.1. The maximum absolute atomic E-state index is 11.8. The first-order valence-electron chi connectivity index (χ1n) is 7.57. The van der Waals surface area contributed by atoms with Gasteiger partial charge in [0, 0.05) is 11.4 Å². The van der Waals surface area contributed by atoms with Gasteiger partial charge in [0.1, 0.15) is 5.75 Å². The lowest BCUT2D eigenvalue weighted by molar-refractivity contribution is 0.0701. The van der Waals surface area contributed by atoms with E-state index in [1.54, 1.807) is 42.6 Å². The molecule has 7 heteroatoms. The van der Waals surface area contributed by atoms with E-state index < -0.39 is 5.97 Å². The summed E-state index contributed by atoms with van der Waals surface area (Å²) in [6.45, 7) is 3.79. The fourth-order valence-corrected chi connectivity index (χ4v) is 2.11. The van der Waals surface area contributed by atoms with Crippen molar-refractivity contribution in [2.24, 2.45) is 5.10 Å². The second-order valence-electron chi connectivity index (χ2n) is 5.28. The molecule has 0 spiro atoms. The summed E-state index contributed by atoms with van der Waals surface area (Å²) in [5.41, 5.74) is 5.35. The quantitative estimate of drug-likeness (QED) is 0.333. The second-order valence-corrected chi connectivity index (χ2v) is 5.28. The van der Waals surface area contributed by atoms with Crippen molar-refractivity contribution < 1.29 is 13.9 Å². The summed E-state index contributed by atoms with van der Waals surface area (Å²) in [5.74, 6) is 0.477. The highest BCUT2D eigenvalue weighted by molar-refractivity contribution is 5.88. The van der Waals surface area contributed by atoms with Crippen LogP contribution < -0.4 is 10.2 Å². The lowest BCUT2D eigenvalue weighted by Crippen LogP contribution is -2.07. The number of aromatic nitrogens is 2. The number of esters is 1. The zero-order valence-electron chi connectivity index (χ0n) is 13.8. The molecule has 0 aliphatic heterocycles. The number of furan rings is 1. The van der Waals surface area contributed by atoms with Gasteiger partial charge in [-0.15, -0.1) is 0 Å². The second kappa shape index (κ2) is 7.39. The topological polar surface area (TPSA) is 89.6 Å². The highest BCUT2D eigenvalue weighted by Gasteiger charge is 2.10. The number of benzene rings is 1. The van der Waals surface area contributed by atoms with Crippen LogP contribution in [0.5, 0.6) is 5.75 Å². The van der Waals surface area contributed by atoms with Crippen LogP contribution in [0.25, 0.3) is 0 Å². The van der Waals surface area contributed by atoms with Gasteiger partial charge in [-0.1, -0.05) is 0 Å². The fraction of sp³-hybridized carbons (Fsp3) is 0.111. The Balaban J connectivity index is 1.59. The van der Waals surface area contributed by atoms with Gasteiger partial charge in [0.15, 0.2) is 0 Å². The zero-order chi connectivity index (χ0) is 17.6. The Morgan fingerprint density at radius 1 is 1.16 bits per heavy atom. The van der Waals surface area contributed by atoms with Gasteiger partial charge in [0.2, 0.25) is 11.7 Å². The van der Waals surface area contributed by atoms with Gasteiger partial charge >= 0.3 is 5.97 Å². The van der Waals surface area contributed by atoms with Crippen LogP contribution in [0, 0.1) is 13.8 Å². The van der Waals surface area contributed by atoms with E-state index in [1.165, 1.54) is 6.26 Å². The molecule has 0 saturated heterocycles. The van der Waals surface area contributed by atoms with Crippen molar-refractivity contribution in [2.75, 3.05) is 5.43 Å². The molecule has 0 bridgehead atoms. The summed E-state index contributed by atoms with van der Waals surface area (Å²) in [6, 6.07) is 12.0. The summed E-state index contributed by atoms with van der Waals surface area (Å²) >= 11 is 0. The highest BCUT2D eigenvalue weighted by atomic mass is 16.5. The van der Waals surface area contributed by atoms with Gasteiger partial charge in [-0.2, -0.15) is 5.10 Å². The smallest absolute Gasteiger partial charge is 0.379 e. The number of nitrogens with one attached hydrogen (secondary N) is 1. The average molecular weight is 336 g/mol. The number of nitrogens with zero attached hydrogens (tertiary/aromatic N) is 3. The molecule has 126 valence electrons. The van der Waals surface area contributed by atoms with E-state index in [2.05, 4.69) is 20.5 Å². The normalized spacial score (nSPS) is 10.8. The Kier molecular flexibility index (Phi) is 4.84. The van der Waals surface area contributed by atoms with Crippen LogP contribution in [0.2, 0.25) is 0 Å². The summed E-state index contributed by atoms with van der Waals surface area (Å²) < 4.78 is 10.2. The third-order valence-electron chi connectivity index (χ3n) is 3.17. The lowest BCUT2D eigenvalue weighted by atomic mass is 10.2. The molecule has 7 nitrogen and oxygen atoms in total. The van der Waals surface area contributed by atoms with Crippen LogP contribution in [0.4, 0.5) is 5.95 Å². The van der Waals surface area contributed by atoms with Gasteiger partial charge in [-0.25, -0.2) is 20.2 Å². The van der Waals surface area contributed by atoms with Crippen LogP contribution in [-0.2, 0) is 0 Å². The van der Waals surface area contributed by atoms with Gasteiger partial charge < -0.3 is 9.15 Å². The van der Waals surface area contributed by atoms with Crippen LogP contribution in [0.3, 0.4) is 0 Å². The molecule has 0 atom stereocenters. The zero-order valence-corrected chi connectivity index (χ0v) is 13.8. The lowest BCUT2D eigenvalue weighted by Gasteiger charge is -2.03. The number of aryl methyl sites for hydroxylation is 2. The summed E-state index contributed by atoms with van der Waals surface area (Å²) in [4.78, 5) is 20.2. The molecule has 2 aromatic heterocycles. The Morgan fingerprint density at radius 3 is 2.52 bits per heavy atom. The summed E-state index contributed by atoms with van der Waals surface area (Å²) in [7, 11) is 0. The molecular weight excluding hydrogens is 320 g/mol. The Labute approximate surface area is 144 Å².